The lowest BCUT2D eigenvalue weighted by Gasteiger charge is -2.25. The molecule has 0 unspecified atom stereocenters. The quantitative estimate of drug-likeness (QED) is 0.592. The number of amides is 1. The summed E-state index contributed by atoms with van der Waals surface area (Å²) < 4.78 is 20.6. The number of aromatic nitrogens is 3. The second-order valence-electron chi connectivity index (χ2n) is 8.21. The molecule has 0 spiro atoms. The number of thiazole rings is 1. The smallest absolute Gasteiger partial charge is 0.278 e. The number of carbonyl (C=O) groups excluding carboxylic acids is 1. The fourth-order valence-electron chi connectivity index (χ4n) is 4.34. The number of morpholine rings is 1. The van der Waals surface area contributed by atoms with Crippen molar-refractivity contribution in [3.05, 3.63) is 58.1 Å². The highest BCUT2D eigenvalue weighted by Crippen LogP contribution is 2.27. The second-order valence-corrected chi connectivity index (χ2v) is 9.07. The number of nitrogens with zero attached hydrogens (tertiary/aromatic N) is 4. The van der Waals surface area contributed by atoms with Gasteiger partial charge in [0.15, 0.2) is 10.8 Å². The molecule has 1 aromatic carbocycles. The number of fused-ring (bicyclic) bond motifs is 1. The molecular formula is C23H26FN5O2S. The van der Waals surface area contributed by atoms with Crippen LogP contribution in [0.3, 0.4) is 0 Å². The van der Waals surface area contributed by atoms with Gasteiger partial charge in [0.1, 0.15) is 5.82 Å². The average molecular weight is 456 g/mol. The Morgan fingerprint density at radius 1 is 1.12 bits per heavy atom. The molecule has 168 valence electrons. The molecule has 2 aliphatic rings. The first-order valence-electron chi connectivity index (χ1n) is 11.1. The summed E-state index contributed by atoms with van der Waals surface area (Å²) in [6.45, 7) is 4.04. The zero-order valence-electron chi connectivity index (χ0n) is 17.8. The molecule has 9 heteroatoms. The summed E-state index contributed by atoms with van der Waals surface area (Å²) in [4.78, 5) is 20.1. The van der Waals surface area contributed by atoms with Crippen LogP contribution in [0.15, 0.2) is 29.6 Å². The lowest BCUT2D eigenvalue weighted by Crippen LogP contribution is -2.35. The molecule has 2 aromatic heterocycles. The van der Waals surface area contributed by atoms with Crippen molar-refractivity contribution in [3.63, 3.8) is 0 Å². The van der Waals surface area contributed by atoms with Gasteiger partial charge in [0.05, 0.1) is 24.6 Å². The maximum atomic E-state index is 13.4. The highest BCUT2D eigenvalue weighted by Gasteiger charge is 2.25. The molecule has 3 heterocycles. The van der Waals surface area contributed by atoms with Crippen LogP contribution in [0, 0.1) is 5.82 Å². The monoisotopic (exact) mass is 455 g/mol. The van der Waals surface area contributed by atoms with E-state index in [4.69, 9.17) is 4.74 Å². The Morgan fingerprint density at radius 3 is 2.72 bits per heavy atom. The average Bonchev–Trinajstić information content (AvgIpc) is 3.31. The summed E-state index contributed by atoms with van der Waals surface area (Å²) in [6.07, 6.45) is 4.88. The van der Waals surface area contributed by atoms with Crippen molar-refractivity contribution in [2.75, 3.05) is 31.6 Å². The number of benzene rings is 1. The maximum absolute atomic E-state index is 13.4. The van der Waals surface area contributed by atoms with Crippen molar-refractivity contribution in [2.24, 2.45) is 0 Å². The van der Waals surface area contributed by atoms with Crippen molar-refractivity contribution in [3.8, 4) is 5.69 Å². The number of rotatable bonds is 5. The molecule has 5 rings (SSSR count). The zero-order valence-corrected chi connectivity index (χ0v) is 18.7. The number of hydrogen-bond acceptors (Lipinski definition) is 6. The van der Waals surface area contributed by atoms with Crippen LogP contribution in [0.1, 0.15) is 46.7 Å². The number of ether oxygens (including phenoxy) is 1. The van der Waals surface area contributed by atoms with Crippen LogP contribution in [0.2, 0.25) is 0 Å². The third-order valence-corrected chi connectivity index (χ3v) is 6.78. The van der Waals surface area contributed by atoms with Gasteiger partial charge >= 0.3 is 0 Å². The Kier molecular flexibility index (Phi) is 6.29. The summed E-state index contributed by atoms with van der Waals surface area (Å²) in [7, 11) is 0. The number of nitrogens with one attached hydrogen (secondary N) is 1. The first-order chi connectivity index (χ1) is 15.7. The Labute approximate surface area is 190 Å². The number of hydrogen-bond donors (Lipinski definition) is 1. The number of carbonyl (C=O) groups is 1. The first kappa shape index (κ1) is 21.2. The molecule has 0 bridgehead atoms. The van der Waals surface area contributed by atoms with Gasteiger partial charge in [-0.1, -0.05) is 6.42 Å². The van der Waals surface area contributed by atoms with E-state index in [9.17, 15) is 9.18 Å². The van der Waals surface area contributed by atoms with Gasteiger partial charge in [0.25, 0.3) is 5.91 Å². The van der Waals surface area contributed by atoms with Crippen LogP contribution >= 0.6 is 11.3 Å². The van der Waals surface area contributed by atoms with Crippen LogP contribution in [0.4, 0.5) is 9.52 Å². The molecule has 3 aromatic rings. The number of halogens is 1. The van der Waals surface area contributed by atoms with E-state index in [-0.39, 0.29) is 11.7 Å². The van der Waals surface area contributed by atoms with E-state index in [0.717, 1.165) is 87.6 Å². The van der Waals surface area contributed by atoms with E-state index in [1.807, 2.05) is 5.38 Å². The van der Waals surface area contributed by atoms with E-state index in [0.29, 0.717) is 10.8 Å². The van der Waals surface area contributed by atoms with E-state index in [1.165, 1.54) is 23.5 Å². The Bertz CT molecular complexity index is 1090. The number of anilines is 1. The van der Waals surface area contributed by atoms with Gasteiger partial charge in [-0.25, -0.2) is 14.1 Å². The predicted molar refractivity (Wildman–Crippen MR) is 121 cm³/mol. The van der Waals surface area contributed by atoms with E-state index >= 15 is 0 Å². The minimum atomic E-state index is -0.290. The molecule has 0 radical (unpaired) electrons. The summed E-state index contributed by atoms with van der Waals surface area (Å²) in [6, 6.07) is 6.25. The summed E-state index contributed by atoms with van der Waals surface area (Å²) in [5.74, 6) is -0.530. The van der Waals surface area contributed by atoms with Crippen LogP contribution in [-0.2, 0) is 24.1 Å². The van der Waals surface area contributed by atoms with Gasteiger partial charge in [-0.05, 0) is 49.9 Å². The van der Waals surface area contributed by atoms with E-state index in [1.54, 1.807) is 16.8 Å². The molecule has 7 nitrogen and oxygen atoms in total. The maximum Gasteiger partial charge on any atom is 0.278 e. The molecule has 1 aliphatic heterocycles. The lowest BCUT2D eigenvalue weighted by atomic mass is 10.1. The lowest BCUT2D eigenvalue weighted by molar-refractivity contribution is 0.0337. The largest absolute Gasteiger partial charge is 0.379 e. The van der Waals surface area contributed by atoms with Crippen molar-refractivity contribution in [1.82, 2.24) is 19.7 Å². The Hall–Kier alpha value is -2.62. The van der Waals surface area contributed by atoms with Crippen molar-refractivity contribution in [2.45, 2.75) is 38.6 Å². The minimum Gasteiger partial charge on any atom is -0.379 e. The van der Waals surface area contributed by atoms with Gasteiger partial charge < -0.3 is 4.74 Å². The van der Waals surface area contributed by atoms with Crippen LogP contribution in [-0.4, -0.2) is 51.9 Å². The topological polar surface area (TPSA) is 72.3 Å². The van der Waals surface area contributed by atoms with Gasteiger partial charge in [0, 0.05) is 36.3 Å². The second kappa shape index (κ2) is 9.48. The van der Waals surface area contributed by atoms with Crippen molar-refractivity contribution >= 4 is 22.4 Å². The predicted octanol–water partition coefficient (Wildman–Crippen LogP) is 3.82. The van der Waals surface area contributed by atoms with E-state index < -0.39 is 0 Å². The molecule has 0 saturated carbocycles. The van der Waals surface area contributed by atoms with Gasteiger partial charge in [-0.2, -0.15) is 5.10 Å². The van der Waals surface area contributed by atoms with Crippen LogP contribution in [0.25, 0.3) is 5.69 Å². The molecule has 1 N–H and O–H groups in total. The normalized spacial score (nSPS) is 17.0. The SMILES string of the molecule is O=C(Nc1nc(CN2CCOCC2)cs1)c1nn(-c2ccc(F)cc2)c2c1CCCCC2. The Morgan fingerprint density at radius 2 is 1.91 bits per heavy atom. The van der Waals surface area contributed by atoms with Crippen molar-refractivity contribution < 1.29 is 13.9 Å². The molecule has 32 heavy (non-hydrogen) atoms. The minimum absolute atomic E-state index is 0.240. The first-order valence-corrected chi connectivity index (χ1v) is 12.0. The Balaban J connectivity index is 1.37. The van der Waals surface area contributed by atoms with Crippen molar-refractivity contribution in [1.29, 1.82) is 0 Å². The highest BCUT2D eigenvalue weighted by atomic mass is 32.1. The molecule has 1 aliphatic carbocycles. The molecule has 1 amide bonds. The van der Waals surface area contributed by atoms with Crippen LogP contribution in [0.5, 0.6) is 0 Å². The zero-order chi connectivity index (χ0) is 21.9. The molecule has 1 fully saturated rings. The molecule has 0 atom stereocenters. The third kappa shape index (κ3) is 4.60. The molecule has 1 saturated heterocycles. The summed E-state index contributed by atoms with van der Waals surface area (Å²) in [5.41, 5.74) is 4.20. The highest BCUT2D eigenvalue weighted by molar-refractivity contribution is 7.13. The fraction of sp³-hybridized carbons (Fsp3) is 0.435. The van der Waals surface area contributed by atoms with Gasteiger partial charge in [-0.3, -0.25) is 15.0 Å². The molecular weight excluding hydrogens is 429 g/mol. The van der Waals surface area contributed by atoms with Gasteiger partial charge in [-0.15, -0.1) is 11.3 Å². The fourth-order valence-corrected chi connectivity index (χ4v) is 5.03. The van der Waals surface area contributed by atoms with Crippen LogP contribution < -0.4 is 5.32 Å². The summed E-state index contributed by atoms with van der Waals surface area (Å²) in [5, 5.41) is 10.2. The standard InChI is InChI=1S/C23H26FN5O2S/c24-16-6-8-18(9-7-16)29-20-5-3-1-2-4-19(20)21(27-29)22(30)26-23-25-17(15-32-23)14-28-10-12-31-13-11-28/h6-9,15H,1-5,10-14H2,(H,25,26,30). The summed E-state index contributed by atoms with van der Waals surface area (Å²) >= 11 is 1.43. The van der Waals surface area contributed by atoms with Gasteiger partial charge in [0.2, 0.25) is 0 Å². The third-order valence-electron chi connectivity index (χ3n) is 5.98. The van der Waals surface area contributed by atoms with E-state index in [2.05, 4.69) is 20.3 Å².